The van der Waals surface area contributed by atoms with Crippen LogP contribution in [0.1, 0.15) is 29.5 Å². The van der Waals surface area contributed by atoms with Gasteiger partial charge in [0.2, 0.25) is 11.8 Å². The van der Waals surface area contributed by atoms with E-state index in [0.717, 1.165) is 4.47 Å². The number of methoxy groups -OCH3 is 1. The minimum atomic E-state index is -1.06. The van der Waals surface area contributed by atoms with Crippen LogP contribution in [0.15, 0.2) is 47.1 Å². The number of carboxylic acid groups (broad SMARTS) is 1. The number of rotatable bonds is 8. The molecule has 0 bridgehead atoms. The number of halogens is 1. The fourth-order valence-electron chi connectivity index (χ4n) is 2.45. The molecule has 1 aromatic heterocycles. The molecule has 0 saturated carbocycles. The zero-order chi connectivity index (χ0) is 19.1. The van der Waals surface area contributed by atoms with E-state index in [-0.39, 0.29) is 6.42 Å². The minimum Gasteiger partial charge on any atom is -0.481 e. The first-order valence-electron chi connectivity index (χ1n) is 7.83. The van der Waals surface area contributed by atoms with Gasteiger partial charge in [0.25, 0.3) is 0 Å². The van der Waals surface area contributed by atoms with Crippen LogP contribution in [0.3, 0.4) is 0 Å². The number of ether oxygens (including phenoxy) is 1. The van der Waals surface area contributed by atoms with Crippen molar-refractivity contribution >= 4 is 27.8 Å². The smallest absolute Gasteiger partial charge is 0.305 e. The second kappa shape index (κ2) is 9.30. The fourth-order valence-corrected chi connectivity index (χ4v) is 2.72. The number of benzene rings is 1. The van der Waals surface area contributed by atoms with Crippen molar-refractivity contribution in [3.63, 3.8) is 0 Å². The maximum Gasteiger partial charge on any atom is 0.305 e. The van der Waals surface area contributed by atoms with E-state index >= 15 is 0 Å². The Kier molecular flexibility index (Phi) is 7.11. The lowest BCUT2D eigenvalue weighted by Gasteiger charge is -2.21. The summed E-state index contributed by atoms with van der Waals surface area (Å²) in [6.07, 6.45) is 1.15. The highest BCUT2D eigenvalue weighted by atomic mass is 79.9. The maximum atomic E-state index is 12.6. The number of amides is 1. The summed E-state index contributed by atoms with van der Waals surface area (Å²) in [5.74, 6) is -1.94. The molecule has 8 heteroatoms. The molecule has 2 aromatic rings. The molecule has 138 valence electrons. The van der Waals surface area contributed by atoms with Gasteiger partial charge in [-0.15, -0.1) is 0 Å². The summed E-state index contributed by atoms with van der Waals surface area (Å²) >= 11 is 3.32. The van der Waals surface area contributed by atoms with Gasteiger partial charge in [-0.1, -0.05) is 34.1 Å². The number of carbonyl (C=O) groups excluding carboxylic acids is 1. The fraction of sp³-hybridized carbons (Fsp3) is 0.278. The van der Waals surface area contributed by atoms with Crippen LogP contribution in [0.4, 0.5) is 0 Å². The topological polar surface area (TPSA) is 109 Å². The van der Waals surface area contributed by atoms with Crippen molar-refractivity contribution in [2.24, 2.45) is 0 Å². The Morgan fingerprint density at radius 3 is 2.35 bits per heavy atom. The summed E-state index contributed by atoms with van der Waals surface area (Å²) in [5, 5.41) is 21.5. The van der Waals surface area contributed by atoms with E-state index < -0.39 is 30.4 Å². The Hall–Kier alpha value is -2.45. The minimum absolute atomic E-state index is 0.307. The summed E-state index contributed by atoms with van der Waals surface area (Å²) in [6.45, 7) is -0.395. The van der Waals surface area contributed by atoms with Gasteiger partial charge in [0.05, 0.1) is 32.1 Å². The highest BCUT2D eigenvalue weighted by molar-refractivity contribution is 9.10. The third kappa shape index (κ3) is 5.27. The van der Waals surface area contributed by atoms with Crippen molar-refractivity contribution in [1.29, 1.82) is 0 Å². The molecule has 1 amide bonds. The van der Waals surface area contributed by atoms with Gasteiger partial charge in [-0.25, -0.2) is 4.98 Å². The first-order valence-corrected chi connectivity index (χ1v) is 8.62. The van der Waals surface area contributed by atoms with E-state index in [9.17, 15) is 14.7 Å². The van der Waals surface area contributed by atoms with Gasteiger partial charge in [-0.3, -0.25) is 9.59 Å². The second-order valence-corrected chi connectivity index (χ2v) is 6.50. The number of carboxylic acids is 1. The molecule has 1 unspecified atom stereocenters. The van der Waals surface area contributed by atoms with Crippen LogP contribution in [0.5, 0.6) is 5.88 Å². The number of aliphatic carboxylic acids is 1. The Labute approximate surface area is 159 Å². The van der Waals surface area contributed by atoms with Gasteiger partial charge in [-0.2, -0.15) is 0 Å². The molecular weight excluding hydrogens is 404 g/mol. The molecule has 7 nitrogen and oxygen atoms in total. The van der Waals surface area contributed by atoms with E-state index in [1.807, 2.05) is 0 Å². The zero-order valence-corrected chi connectivity index (χ0v) is 15.6. The number of nitrogens with one attached hydrogen (secondary N) is 1. The molecule has 0 saturated heterocycles. The van der Waals surface area contributed by atoms with Crippen molar-refractivity contribution in [1.82, 2.24) is 10.3 Å². The van der Waals surface area contributed by atoms with E-state index in [2.05, 4.69) is 26.2 Å². The van der Waals surface area contributed by atoms with Crippen molar-refractivity contribution in [2.45, 2.75) is 18.4 Å². The number of pyridine rings is 1. The third-order valence-electron chi connectivity index (χ3n) is 3.84. The molecular formula is C18H19BrN2O5. The van der Waals surface area contributed by atoms with Crippen LogP contribution in [0.2, 0.25) is 0 Å². The normalized spacial score (nSPS) is 12.9. The Bertz CT molecular complexity index is 749. The molecule has 0 aliphatic heterocycles. The Balaban J connectivity index is 2.20. The van der Waals surface area contributed by atoms with Gasteiger partial charge in [0.1, 0.15) is 0 Å². The zero-order valence-electron chi connectivity index (χ0n) is 14.1. The maximum absolute atomic E-state index is 12.6. The van der Waals surface area contributed by atoms with Gasteiger partial charge >= 0.3 is 5.97 Å². The molecule has 0 spiro atoms. The third-order valence-corrected chi connectivity index (χ3v) is 4.37. The van der Waals surface area contributed by atoms with Crippen molar-refractivity contribution in [2.75, 3.05) is 13.7 Å². The number of nitrogens with zero attached hydrogens (tertiary/aromatic N) is 1. The van der Waals surface area contributed by atoms with E-state index in [4.69, 9.17) is 9.84 Å². The number of carbonyl (C=O) groups is 2. The predicted octanol–water partition coefficient (Wildman–Crippen LogP) is 2.26. The molecule has 26 heavy (non-hydrogen) atoms. The van der Waals surface area contributed by atoms with Crippen LogP contribution in [-0.4, -0.2) is 40.8 Å². The molecule has 1 heterocycles. The Morgan fingerprint density at radius 1 is 1.19 bits per heavy atom. The average Bonchev–Trinajstić information content (AvgIpc) is 2.63. The molecule has 0 aliphatic rings. The molecule has 2 atom stereocenters. The van der Waals surface area contributed by atoms with Crippen molar-refractivity contribution < 1.29 is 24.5 Å². The second-order valence-electron chi connectivity index (χ2n) is 5.58. The SMILES string of the molecule is COc1ccc([C@H](CC(=O)O)NC(=O)C(CO)c2ccc(Br)cc2)cn1. The lowest BCUT2D eigenvalue weighted by atomic mass is 9.97. The van der Waals surface area contributed by atoms with Crippen molar-refractivity contribution in [3.05, 3.63) is 58.2 Å². The molecule has 0 fully saturated rings. The largest absolute Gasteiger partial charge is 0.481 e. The monoisotopic (exact) mass is 422 g/mol. The number of aliphatic hydroxyl groups is 1. The highest BCUT2D eigenvalue weighted by Crippen LogP contribution is 2.23. The molecule has 0 radical (unpaired) electrons. The van der Waals surface area contributed by atoms with Gasteiger partial charge < -0.3 is 20.3 Å². The van der Waals surface area contributed by atoms with Crippen LogP contribution in [0, 0.1) is 0 Å². The van der Waals surface area contributed by atoms with Gasteiger partial charge in [-0.05, 0) is 23.3 Å². The molecule has 3 N–H and O–H groups in total. The number of hydrogen-bond acceptors (Lipinski definition) is 5. The van der Waals surface area contributed by atoms with E-state index in [0.29, 0.717) is 17.0 Å². The first-order chi connectivity index (χ1) is 12.4. The summed E-state index contributed by atoms with van der Waals surface area (Å²) in [6, 6.07) is 9.46. The van der Waals surface area contributed by atoms with Gasteiger partial charge in [0.15, 0.2) is 0 Å². The van der Waals surface area contributed by atoms with Crippen LogP contribution in [-0.2, 0) is 9.59 Å². The number of hydrogen-bond donors (Lipinski definition) is 3. The van der Waals surface area contributed by atoms with Gasteiger partial charge in [0, 0.05) is 16.7 Å². The van der Waals surface area contributed by atoms with Crippen molar-refractivity contribution in [3.8, 4) is 5.88 Å². The lowest BCUT2D eigenvalue weighted by Crippen LogP contribution is -2.35. The number of aromatic nitrogens is 1. The Morgan fingerprint density at radius 2 is 1.85 bits per heavy atom. The standard InChI is InChI=1S/C18H19BrN2O5/c1-26-16-7-4-12(9-20-16)15(8-17(23)24)21-18(25)14(10-22)11-2-5-13(19)6-3-11/h2-7,9,14-15,22H,8,10H2,1H3,(H,21,25)(H,23,24)/t14?,15-/m0/s1. The highest BCUT2D eigenvalue weighted by Gasteiger charge is 2.25. The lowest BCUT2D eigenvalue weighted by molar-refractivity contribution is -0.137. The quantitative estimate of drug-likeness (QED) is 0.601. The molecule has 2 rings (SSSR count). The summed E-state index contributed by atoms with van der Waals surface area (Å²) in [4.78, 5) is 27.9. The van der Waals surface area contributed by atoms with E-state index in [1.165, 1.54) is 13.3 Å². The summed E-state index contributed by atoms with van der Waals surface area (Å²) < 4.78 is 5.84. The summed E-state index contributed by atoms with van der Waals surface area (Å²) in [7, 11) is 1.47. The summed E-state index contributed by atoms with van der Waals surface area (Å²) in [5.41, 5.74) is 1.17. The average molecular weight is 423 g/mol. The van der Waals surface area contributed by atoms with Crippen LogP contribution in [0.25, 0.3) is 0 Å². The van der Waals surface area contributed by atoms with Crippen LogP contribution < -0.4 is 10.1 Å². The molecule has 0 aliphatic carbocycles. The number of aliphatic hydroxyl groups excluding tert-OH is 1. The van der Waals surface area contributed by atoms with E-state index in [1.54, 1.807) is 36.4 Å². The predicted molar refractivity (Wildman–Crippen MR) is 97.9 cm³/mol. The molecule has 1 aromatic carbocycles. The first kappa shape index (κ1) is 19.9. The van der Waals surface area contributed by atoms with Crippen LogP contribution >= 0.6 is 15.9 Å².